The number of hydrogen-bond acceptors (Lipinski definition) is 7. The zero-order valence-corrected chi connectivity index (χ0v) is 38.7. The lowest BCUT2D eigenvalue weighted by Gasteiger charge is -2.16. The molecule has 0 saturated heterocycles. The van der Waals surface area contributed by atoms with Crippen LogP contribution in [0.2, 0.25) is 0 Å². The van der Waals surface area contributed by atoms with Crippen molar-refractivity contribution >= 4 is 83.3 Å². The minimum Gasteiger partial charge on any atom is -0.465 e. The molecule has 0 radical (unpaired) electrons. The van der Waals surface area contributed by atoms with E-state index in [9.17, 15) is 14.2 Å². The second-order valence-corrected chi connectivity index (χ2v) is 20.8. The van der Waals surface area contributed by atoms with Gasteiger partial charge in [-0.1, -0.05) is 161 Å². The largest absolute Gasteiger partial charge is 0.465 e. The molecular weight excluding hydrogens is 895 g/mol. The Morgan fingerprint density at radius 2 is 0.792 bits per heavy atom. The highest BCUT2D eigenvalue weighted by atomic mass is 79.9. The van der Waals surface area contributed by atoms with Gasteiger partial charge in [0.2, 0.25) is 0 Å². The number of halogens is 4. The van der Waals surface area contributed by atoms with Gasteiger partial charge in [-0.25, -0.2) is 0 Å². The third-order valence-corrected chi connectivity index (χ3v) is 10.3. The molecule has 0 atom stereocenters. The van der Waals surface area contributed by atoms with Crippen LogP contribution in [0.4, 0.5) is 0 Å². The van der Waals surface area contributed by atoms with Gasteiger partial charge in [-0.15, -0.1) is 0 Å². The number of alkyl halides is 4. The van der Waals surface area contributed by atoms with Crippen molar-refractivity contribution in [2.24, 2.45) is 0 Å². The van der Waals surface area contributed by atoms with E-state index in [0.29, 0.717) is 32.6 Å². The Kier molecular flexibility index (Phi) is 40.4. The Bertz CT molecular complexity index is 764. The van der Waals surface area contributed by atoms with Gasteiger partial charge in [-0.2, -0.15) is 0 Å². The van der Waals surface area contributed by atoms with E-state index < -0.39 is 16.2 Å². The van der Waals surface area contributed by atoms with Crippen molar-refractivity contribution in [3.8, 4) is 0 Å². The lowest BCUT2D eigenvalue weighted by molar-refractivity contribution is -0.146. The highest BCUT2D eigenvalue weighted by Gasteiger charge is 2.26. The molecule has 0 aromatic heterocycles. The molecular formula is C36H71Br4O7P. The molecule has 0 rings (SSSR count). The van der Waals surface area contributed by atoms with Crippen molar-refractivity contribution in [2.75, 3.05) is 43.2 Å². The number of unbranched alkanes of at least 4 members (excludes halogenated alkanes) is 16. The standard InChI is InChI=1S/C19H38BrO5P.C15H28Br2O2.C2H5Br/c1-5-24-26(22,25-6-2)17-15-13-11-9-7-8-10-12-14-16-23-18(21)19(3,4)20;1-15(2,17)14(18)19-13-11-9-7-5-3-4-6-8-10-12-16;1-2-3/h5-17H2,1-4H3;3-13H2,1-2H3;2H2,1H3. The first kappa shape index (κ1) is 53.4. The summed E-state index contributed by atoms with van der Waals surface area (Å²) in [6.07, 6.45) is 22.0. The molecule has 0 N–H and O–H groups in total. The quantitative estimate of drug-likeness (QED) is 0.0319. The van der Waals surface area contributed by atoms with Crippen LogP contribution in [0.25, 0.3) is 0 Å². The van der Waals surface area contributed by atoms with Crippen LogP contribution in [0.1, 0.15) is 164 Å². The molecule has 0 aliphatic heterocycles. The first-order chi connectivity index (χ1) is 22.6. The van der Waals surface area contributed by atoms with Gasteiger partial charge >= 0.3 is 19.5 Å². The fraction of sp³-hybridized carbons (Fsp3) is 0.944. The number of carbonyl (C=O) groups excluding carboxylic acids is 2. The molecule has 0 fully saturated rings. The summed E-state index contributed by atoms with van der Waals surface area (Å²) >= 11 is 13.2. The van der Waals surface area contributed by atoms with Crippen molar-refractivity contribution in [3.63, 3.8) is 0 Å². The van der Waals surface area contributed by atoms with Crippen LogP contribution >= 0.6 is 71.3 Å². The normalized spacial score (nSPS) is 11.6. The van der Waals surface area contributed by atoms with Crippen molar-refractivity contribution in [2.45, 2.75) is 173 Å². The summed E-state index contributed by atoms with van der Waals surface area (Å²) in [5, 5.41) is 2.20. The van der Waals surface area contributed by atoms with Crippen LogP contribution in [-0.4, -0.2) is 63.8 Å². The number of hydrogen-bond donors (Lipinski definition) is 0. The van der Waals surface area contributed by atoms with Gasteiger partial charge < -0.3 is 18.5 Å². The van der Waals surface area contributed by atoms with E-state index in [1.807, 2.05) is 34.6 Å². The molecule has 0 aromatic carbocycles. The van der Waals surface area contributed by atoms with E-state index in [0.717, 1.165) is 55.6 Å². The fourth-order valence-corrected chi connectivity index (χ4v) is 6.67. The maximum absolute atomic E-state index is 12.3. The lowest BCUT2D eigenvalue weighted by Crippen LogP contribution is -2.26. The van der Waals surface area contributed by atoms with Crippen molar-refractivity contribution < 1.29 is 32.7 Å². The molecule has 0 amide bonds. The molecule has 0 aliphatic rings. The Hall–Kier alpha value is 1.01. The predicted octanol–water partition coefficient (Wildman–Crippen LogP) is 13.5. The van der Waals surface area contributed by atoms with Gasteiger partial charge in [-0.3, -0.25) is 14.2 Å². The van der Waals surface area contributed by atoms with Crippen molar-refractivity contribution in [1.29, 1.82) is 0 Å². The number of carbonyl (C=O) groups is 2. The Morgan fingerprint density at radius 3 is 1.06 bits per heavy atom. The lowest BCUT2D eigenvalue weighted by atomic mass is 10.1. The molecule has 0 saturated carbocycles. The number of ether oxygens (including phenoxy) is 2. The van der Waals surface area contributed by atoms with Crippen LogP contribution in [0.5, 0.6) is 0 Å². The predicted molar refractivity (Wildman–Crippen MR) is 220 cm³/mol. The molecule has 0 aliphatic carbocycles. The van der Waals surface area contributed by atoms with Gasteiger partial charge in [0.1, 0.15) is 8.65 Å². The average molecular weight is 967 g/mol. The van der Waals surface area contributed by atoms with Gasteiger partial charge in [0.25, 0.3) is 0 Å². The third-order valence-electron chi connectivity index (χ3n) is 6.94. The monoisotopic (exact) mass is 962 g/mol. The van der Waals surface area contributed by atoms with E-state index in [2.05, 4.69) is 63.7 Å². The highest BCUT2D eigenvalue weighted by Crippen LogP contribution is 2.48. The summed E-state index contributed by atoms with van der Waals surface area (Å²) in [7, 11) is -2.85. The second kappa shape index (κ2) is 36.4. The Labute approximate surface area is 329 Å². The summed E-state index contributed by atoms with van der Waals surface area (Å²) in [4.78, 5) is 23.0. The van der Waals surface area contributed by atoms with E-state index in [-0.39, 0.29) is 11.9 Å². The molecule has 48 heavy (non-hydrogen) atoms. The summed E-state index contributed by atoms with van der Waals surface area (Å²) in [5.74, 6) is -0.366. The van der Waals surface area contributed by atoms with Gasteiger partial charge in [0, 0.05) is 10.7 Å². The smallest absolute Gasteiger partial charge is 0.330 e. The molecule has 0 bridgehead atoms. The zero-order valence-electron chi connectivity index (χ0n) is 31.5. The Balaban J connectivity index is -0.000000811. The third kappa shape index (κ3) is 39.8. The van der Waals surface area contributed by atoms with Crippen LogP contribution in [0.15, 0.2) is 0 Å². The highest BCUT2D eigenvalue weighted by molar-refractivity contribution is 9.10. The number of rotatable bonds is 29. The summed E-state index contributed by atoms with van der Waals surface area (Å²) in [6, 6.07) is 0. The van der Waals surface area contributed by atoms with Gasteiger partial charge in [0.05, 0.1) is 32.6 Å². The Morgan fingerprint density at radius 1 is 0.521 bits per heavy atom. The summed E-state index contributed by atoms with van der Waals surface area (Å²) in [6.45, 7) is 14.9. The SMILES string of the molecule is CC(C)(Br)C(=O)OCCCCCCCCCCCBr.CCBr.CCOP(=O)(CCCCCCCCCCCOC(=O)C(C)(C)Br)OCC. The van der Waals surface area contributed by atoms with E-state index >= 15 is 0 Å². The zero-order chi connectivity index (χ0) is 37.2. The minimum absolute atomic E-state index is 0.167. The van der Waals surface area contributed by atoms with E-state index in [1.54, 1.807) is 13.8 Å². The van der Waals surface area contributed by atoms with Gasteiger partial charge in [0.15, 0.2) is 0 Å². The van der Waals surface area contributed by atoms with Crippen molar-refractivity contribution in [1.82, 2.24) is 0 Å². The molecule has 7 nitrogen and oxygen atoms in total. The maximum atomic E-state index is 12.3. The number of esters is 2. The van der Waals surface area contributed by atoms with E-state index in [4.69, 9.17) is 18.5 Å². The van der Waals surface area contributed by atoms with Crippen LogP contribution in [0.3, 0.4) is 0 Å². The minimum atomic E-state index is -2.85. The van der Waals surface area contributed by atoms with Crippen LogP contribution in [-0.2, 0) is 32.7 Å². The fourth-order valence-electron chi connectivity index (χ4n) is 4.31. The molecule has 0 unspecified atom stereocenters. The molecule has 290 valence electrons. The van der Waals surface area contributed by atoms with Crippen molar-refractivity contribution in [3.05, 3.63) is 0 Å². The first-order valence-electron chi connectivity index (χ1n) is 18.4. The molecule has 0 aromatic rings. The first-order valence-corrected chi connectivity index (χ1v) is 23.9. The van der Waals surface area contributed by atoms with Gasteiger partial charge in [-0.05, 0) is 67.2 Å². The summed E-state index contributed by atoms with van der Waals surface area (Å²) < 4.78 is 32.1. The van der Waals surface area contributed by atoms with E-state index in [1.165, 1.54) is 70.6 Å². The maximum Gasteiger partial charge on any atom is 0.330 e. The molecule has 12 heteroatoms. The average Bonchev–Trinajstić information content (AvgIpc) is 3.00. The second-order valence-electron chi connectivity index (χ2n) is 12.7. The van der Waals surface area contributed by atoms with Crippen LogP contribution in [0, 0.1) is 0 Å². The topological polar surface area (TPSA) is 88.1 Å². The summed E-state index contributed by atoms with van der Waals surface area (Å²) in [5.41, 5.74) is 0. The van der Waals surface area contributed by atoms with Crippen LogP contribution < -0.4 is 0 Å². The molecule has 0 heterocycles. The molecule has 0 spiro atoms.